The van der Waals surface area contributed by atoms with Crippen LogP contribution in [0.2, 0.25) is 10.0 Å². The first-order valence-corrected chi connectivity index (χ1v) is 7.35. The minimum atomic E-state index is -0.160. The van der Waals surface area contributed by atoms with Gasteiger partial charge in [0.1, 0.15) is 0 Å². The van der Waals surface area contributed by atoms with Crippen molar-refractivity contribution in [1.29, 1.82) is 0 Å². The topological polar surface area (TPSA) is 75.1 Å². The predicted molar refractivity (Wildman–Crippen MR) is 86.9 cm³/mol. The Morgan fingerprint density at radius 2 is 2.05 bits per heavy atom. The average molecular weight is 338 g/mol. The van der Waals surface area contributed by atoms with Crippen LogP contribution in [0.4, 0.5) is 5.95 Å². The van der Waals surface area contributed by atoms with Gasteiger partial charge in [0.2, 0.25) is 5.95 Å². The second-order valence-electron chi connectivity index (χ2n) is 4.92. The van der Waals surface area contributed by atoms with Crippen molar-refractivity contribution in [3.63, 3.8) is 0 Å². The van der Waals surface area contributed by atoms with Gasteiger partial charge >= 0.3 is 0 Å². The Labute approximate surface area is 136 Å². The summed E-state index contributed by atoms with van der Waals surface area (Å²) in [5.41, 5.74) is 1.98. The molecule has 6 nitrogen and oxygen atoms in total. The van der Waals surface area contributed by atoms with Crippen molar-refractivity contribution in [2.24, 2.45) is 0 Å². The number of hydrogen-bond acceptors (Lipinski definition) is 4. The van der Waals surface area contributed by atoms with Gasteiger partial charge in [-0.05, 0) is 31.5 Å². The molecule has 0 aliphatic carbocycles. The van der Waals surface area contributed by atoms with Gasteiger partial charge in [0.15, 0.2) is 0 Å². The lowest BCUT2D eigenvalue weighted by Gasteiger charge is -2.05. The molecule has 8 heteroatoms. The summed E-state index contributed by atoms with van der Waals surface area (Å²) in [6.07, 6.45) is 0. The van der Waals surface area contributed by atoms with Crippen molar-refractivity contribution in [2.45, 2.75) is 20.4 Å². The summed E-state index contributed by atoms with van der Waals surface area (Å²) in [4.78, 5) is 20.6. The molecular formula is C14H13Cl2N5O. The lowest BCUT2D eigenvalue weighted by molar-refractivity contribution is 0.870. The number of anilines is 1. The van der Waals surface area contributed by atoms with E-state index < -0.39 is 0 Å². The van der Waals surface area contributed by atoms with Crippen LogP contribution in [0, 0.1) is 13.8 Å². The SMILES string of the molecule is Cc1nc2nc(NCc3ccc(Cl)cc3Cl)[nH]n2c(=O)c1C. The molecule has 0 atom stereocenters. The average Bonchev–Trinajstić information content (AvgIpc) is 2.87. The van der Waals surface area contributed by atoms with Crippen molar-refractivity contribution >= 4 is 34.9 Å². The number of nitrogens with one attached hydrogen (secondary N) is 2. The molecule has 0 fully saturated rings. The molecule has 2 aromatic heterocycles. The smallest absolute Gasteiger partial charge is 0.277 e. The van der Waals surface area contributed by atoms with Crippen LogP contribution in [0.25, 0.3) is 5.78 Å². The Balaban J connectivity index is 1.88. The van der Waals surface area contributed by atoms with E-state index in [1.807, 2.05) is 6.07 Å². The van der Waals surface area contributed by atoms with E-state index in [0.29, 0.717) is 39.6 Å². The third-order valence-electron chi connectivity index (χ3n) is 3.43. The van der Waals surface area contributed by atoms with E-state index in [-0.39, 0.29) is 5.56 Å². The highest BCUT2D eigenvalue weighted by Crippen LogP contribution is 2.21. The molecule has 0 spiro atoms. The van der Waals surface area contributed by atoms with Crippen molar-refractivity contribution in [3.05, 3.63) is 55.4 Å². The molecule has 0 aliphatic heterocycles. The molecular weight excluding hydrogens is 325 g/mol. The minimum Gasteiger partial charge on any atom is -0.350 e. The van der Waals surface area contributed by atoms with E-state index in [2.05, 4.69) is 20.4 Å². The van der Waals surface area contributed by atoms with Crippen molar-refractivity contribution < 1.29 is 0 Å². The molecule has 114 valence electrons. The number of aromatic nitrogens is 4. The van der Waals surface area contributed by atoms with Crippen LogP contribution in [0.3, 0.4) is 0 Å². The Hall–Kier alpha value is -2.05. The Kier molecular flexibility index (Phi) is 3.80. The maximum Gasteiger partial charge on any atom is 0.277 e. The molecule has 0 aliphatic rings. The fraction of sp³-hybridized carbons (Fsp3) is 0.214. The monoisotopic (exact) mass is 337 g/mol. The summed E-state index contributed by atoms with van der Waals surface area (Å²) in [6.45, 7) is 3.97. The van der Waals surface area contributed by atoms with E-state index in [1.54, 1.807) is 26.0 Å². The number of aryl methyl sites for hydroxylation is 1. The maximum atomic E-state index is 12.1. The third kappa shape index (κ3) is 2.67. The molecule has 0 unspecified atom stereocenters. The highest BCUT2D eigenvalue weighted by molar-refractivity contribution is 6.35. The van der Waals surface area contributed by atoms with Crippen LogP contribution >= 0.6 is 23.2 Å². The Morgan fingerprint density at radius 1 is 1.27 bits per heavy atom. The summed E-state index contributed by atoms with van der Waals surface area (Å²) in [5.74, 6) is 0.776. The summed E-state index contributed by atoms with van der Waals surface area (Å²) >= 11 is 12.0. The zero-order chi connectivity index (χ0) is 15.9. The van der Waals surface area contributed by atoms with Crippen LogP contribution in [-0.2, 0) is 6.54 Å². The van der Waals surface area contributed by atoms with Gasteiger partial charge in [-0.1, -0.05) is 29.3 Å². The van der Waals surface area contributed by atoms with E-state index in [9.17, 15) is 4.79 Å². The second-order valence-corrected chi connectivity index (χ2v) is 5.77. The molecule has 0 saturated carbocycles. The third-order valence-corrected chi connectivity index (χ3v) is 4.01. The standard InChI is InChI=1S/C14H13Cl2N5O/c1-7-8(2)18-14-19-13(20-21(14)12(7)22)17-6-9-3-4-10(15)5-11(9)16/h3-5H,6H2,1-2H3,(H2,17,18,19,20). The zero-order valence-electron chi connectivity index (χ0n) is 11.9. The molecule has 0 saturated heterocycles. The number of halogens is 2. The van der Waals surface area contributed by atoms with E-state index in [0.717, 1.165) is 5.56 Å². The van der Waals surface area contributed by atoms with E-state index in [1.165, 1.54) is 4.52 Å². The molecule has 0 radical (unpaired) electrons. The number of hydrogen-bond donors (Lipinski definition) is 2. The first kappa shape index (κ1) is 14.9. The molecule has 2 N–H and O–H groups in total. The van der Waals surface area contributed by atoms with Gasteiger partial charge in [0, 0.05) is 27.8 Å². The Bertz CT molecular complexity index is 915. The molecule has 0 amide bonds. The normalized spacial score (nSPS) is 11.1. The van der Waals surface area contributed by atoms with Crippen molar-refractivity contribution in [1.82, 2.24) is 19.6 Å². The second kappa shape index (κ2) is 5.62. The zero-order valence-corrected chi connectivity index (χ0v) is 13.5. The van der Waals surface area contributed by atoms with Crippen LogP contribution < -0.4 is 10.9 Å². The summed E-state index contributed by atoms with van der Waals surface area (Å²) in [7, 11) is 0. The molecule has 22 heavy (non-hydrogen) atoms. The van der Waals surface area contributed by atoms with Crippen LogP contribution in [0.5, 0.6) is 0 Å². The number of fused-ring (bicyclic) bond motifs is 1. The molecule has 3 aromatic rings. The van der Waals surface area contributed by atoms with Gasteiger partial charge in [0.25, 0.3) is 11.3 Å². The minimum absolute atomic E-state index is 0.160. The van der Waals surface area contributed by atoms with E-state index >= 15 is 0 Å². The fourth-order valence-electron chi connectivity index (χ4n) is 2.03. The molecule has 1 aromatic carbocycles. The molecule has 2 heterocycles. The first-order chi connectivity index (χ1) is 10.5. The summed E-state index contributed by atoms with van der Waals surface area (Å²) in [5, 5.41) is 7.12. The number of H-pyrrole nitrogens is 1. The summed E-state index contributed by atoms with van der Waals surface area (Å²) in [6, 6.07) is 5.28. The van der Waals surface area contributed by atoms with Gasteiger partial charge in [0.05, 0.1) is 0 Å². The number of benzene rings is 1. The maximum absolute atomic E-state index is 12.1. The summed E-state index contributed by atoms with van der Waals surface area (Å²) < 4.78 is 1.31. The van der Waals surface area contributed by atoms with Gasteiger partial charge in [-0.3, -0.25) is 9.89 Å². The first-order valence-electron chi connectivity index (χ1n) is 6.59. The van der Waals surface area contributed by atoms with E-state index in [4.69, 9.17) is 23.2 Å². The highest BCUT2D eigenvalue weighted by Gasteiger charge is 2.10. The van der Waals surface area contributed by atoms with Gasteiger partial charge < -0.3 is 5.32 Å². The molecule has 0 bridgehead atoms. The Morgan fingerprint density at radius 3 is 2.77 bits per heavy atom. The molecule has 3 rings (SSSR count). The lowest BCUT2D eigenvalue weighted by atomic mass is 10.2. The van der Waals surface area contributed by atoms with Crippen LogP contribution in [0.1, 0.15) is 16.8 Å². The quantitative estimate of drug-likeness (QED) is 0.770. The van der Waals surface area contributed by atoms with Gasteiger partial charge in [-0.25, -0.2) is 4.98 Å². The van der Waals surface area contributed by atoms with Gasteiger partial charge in [-0.15, -0.1) is 0 Å². The fourth-order valence-corrected chi connectivity index (χ4v) is 2.50. The largest absolute Gasteiger partial charge is 0.350 e. The van der Waals surface area contributed by atoms with Crippen LogP contribution in [0.15, 0.2) is 23.0 Å². The predicted octanol–water partition coefficient (Wildman–Crippen LogP) is 2.95. The van der Waals surface area contributed by atoms with Crippen LogP contribution in [-0.4, -0.2) is 19.6 Å². The lowest BCUT2D eigenvalue weighted by Crippen LogP contribution is -2.19. The van der Waals surface area contributed by atoms with Crippen molar-refractivity contribution in [3.8, 4) is 0 Å². The number of aromatic amines is 1. The van der Waals surface area contributed by atoms with Gasteiger partial charge in [-0.2, -0.15) is 9.50 Å². The number of nitrogens with zero attached hydrogens (tertiary/aromatic N) is 3. The number of rotatable bonds is 3. The highest BCUT2D eigenvalue weighted by atomic mass is 35.5. The van der Waals surface area contributed by atoms with Crippen molar-refractivity contribution in [2.75, 3.05) is 5.32 Å².